The molecule has 0 saturated heterocycles. The van der Waals surface area contributed by atoms with Crippen molar-refractivity contribution in [3.8, 4) is 11.6 Å². The van der Waals surface area contributed by atoms with Crippen LogP contribution in [0.3, 0.4) is 0 Å². The molecule has 2 heterocycles. The average Bonchev–Trinajstić information content (AvgIpc) is 2.28. The highest BCUT2D eigenvalue weighted by Crippen LogP contribution is 2.22. The van der Waals surface area contributed by atoms with Gasteiger partial charge in [-0.1, -0.05) is 11.6 Å². The lowest BCUT2D eigenvalue weighted by Gasteiger charge is -2.06. The van der Waals surface area contributed by atoms with Gasteiger partial charge >= 0.3 is 5.97 Å². The van der Waals surface area contributed by atoms with Gasteiger partial charge in [-0.05, 0) is 13.0 Å². The minimum absolute atomic E-state index is 0.145. The van der Waals surface area contributed by atoms with Crippen molar-refractivity contribution in [3.63, 3.8) is 0 Å². The summed E-state index contributed by atoms with van der Waals surface area (Å²) in [6.45, 7) is 1.60. The van der Waals surface area contributed by atoms with Gasteiger partial charge in [-0.2, -0.15) is 0 Å². The predicted molar refractivity (Wildman–Crippen MR) is 65.3 cm³/mol. The van der Waals surface area contributed by atoms with Crippen LogP contribution in [-0.4, -0.2) is 21.0 Å². The SMILES string of the molecule is Cc1nc(Oc2cncc(Cl)c2)ccc1C(=O)O. The minimum Gasteiger partial charge on any atom is -0.478 e. The fourth-order valence-electron chi connectivity index (χ4n) is 1.39. The summed E-state index contributed by atoms with van der Waals surface area (Å²) in [6.07, 6.45) is 2.98. The monoisotopic (exact) mass is 264 g/mol. The second kappa shape index (κ2) is 5.01. The molecule has 2 aromatic heterocycles. The molecule has 2 aromatic rings. The Hall–Kier alpha value is -2.14. The molecule has 0 aliphatic carbocycles. The van der Waals surface area contributed by atoms with E-state index >= 15 is 0 Å². The maximum Gasteiger partial charge on any atom is 0.337 e. The molecule has 6 heteroatoms. The van der Waals surface area contributed by atoms with Gasteiger partial charge in [0.2, 0.25) is 5.88 Å². The maximum atomic E-state index is 10.8. The fourth-order valence-corrected chi connectivity index (χ4v) is 1.55. The fraction of sp³-hybridized carbons (Fsp3) is 0.0833. The highest BCUT2D eigenvalue weighted by atomic mass is 35.5. The molecule has 0 bridgehead atoms. The smallest absolute Gasteiger partial charge is 0.337 e. The molecule has 0 aromatic carbocycles. The zero-order chi connectivity index (χ0) is 13.1. The zero-order valence-corrected chi connectivity index (χ0v) is 10.2. The van der Waals surface area contributed by atoms with E-state index in [0.29, 0.717) is 22.3 Å². The topological polar surface area (TPSA) is 72.3 Å². The molecule has 0 aliphatic rings. The Labute approximate surface area is 108 Å². The van der Waals surface area contributed by atoms with Crippen molar-refractivity contribution in [1.82, 2.24) is 9.97 Å². The molecular weight excluding hydrogens is 256 g/mol. The number of pyridine rings is 2. The Kier molecular flexibility index (Phi) is 3.43. The number of halogens is 1. The molecule has 0 atom stereocenters. The second-order valence-electron chi connectivity index (χ2n) is 3.53. The summed E-state index contributed by atoms with van der Waals surface area (Å²) in [7, 11) is 0. The van der Waals surface area contributed by atoms with E-state index in [0.717, 1.165) is 0 Å². The molecule has 0 saturated carbocycles. The number of carbonyl (C=O) groups is 1. The number of aryl methyl sites for hydroxylation is 1. The molecular formula is C12H9ClN2O3. The minimum atomic E-state index is -1.02. The normalized spacial score (nSPS) is 10.1. The first-order valence-corrected chi connectivity index (χ1v) is 5.43. The standard InChI is InChI=1S/C12H9ClN2O3/c1-7-10(12(16)17)2-3-11(15-7)18-9-4-8(13)5-14-6-9/h2-6H,1H3,(H,16,17). The molecule has 1 N–H and O–H groups in total. The number of hydrogen-bond acceptors (Lipinski definition) is 4. The van der Waals surface area contributed by atoms with Crippen LogP contribution in [0.5, 0.6) is 11.6 Å². The number of hydrogen-bond donors (Lipinski definition) is 1. The van der Waals surface area contributed by atoms with Gasteiger partial charge in [0.05, 0.1) is 22.5 Å². The van der Waals surface area contributed by atoms with Gasteiger partial charge in [-0.25, -0.2) is 9.78 Å². The molecule has 92 valence electrons. The Morgan fingerprint density at radius 2 is 2.17 bits per heavy atom. The summed E-state index contributed by atoms with van der Waals surface area (Å²) in [5.41, 5.74) is 0.529. The number of rotatable bonds is 3. The van der Waals surface area contributed by atoms with E-state index in [1.165, 1.54) is 24.5 Å². The first-order chi connectivity index (χ1) is 8.56. The van der Waals surface area contributed by atoms with E-state index in [2.05, 4.69) is 9.97 Å². The lowest BCUT2D eigenvalue weighted by Crippen LogP contribution is -2.02. The Bertz CT molecular complexity index is 602. The molecule has 0 fully saturated rings. The van der Waals surface area contributed by atoms with Crippen LogP contribution in [0.25, 0.3) is 0 Å². The van der Waals surface area contributed by atoms with Crippen molar-refractivity contribution >= 4 is 17.6 Å². The molecule has 0 unspecified atom stereocenters. The van der Waals surface area contributed by atoms with Crippen molar-refractivity contribution in [3.05, 3.63) is 46.9 Å². The van der Waals surface area contributed by atoms with E-state index in [1.807, 2.05) is 0 Å². The quantitative estimate of drug-likeness (QED) is 0.923. The lowest BCUT2D eigenvalue weighted by molar-refractivity contribution is 0.0695. The maximum absolute atomic E-state index is 10.8. The average molecular weight is 265 g/mol. The van der Waals surface area contributed by atoms with Gasteiger partial charge in [0.25, 0.3) is 0 Å². The predicted octanol–water partition coefficient (Wildman–Crippen LogP) is 2.93. The first kappa shape index (κ1) is 12.3. The third kappa shape index (κ3) is 2.75. The van der Waals surface area contributed by atoms with E-state index in [9.17, 15) is 4.79 Å². The van der Waals surface area contributed by atoms with Crippen molar-refractivity contribution in [2.75, 3.05) is 0 Å². The molecule has 2 rings (SSSR count). The van der Waals surface area contributed by atoms with Crippen molar-refractivity contribution < 1.29 is 14.6 Å². The molecule has 0 radical (unpaired) electrons. The Morgan fingerprint density at radius 3 is 2.78 bits per heavy atom. The highest BCUT2D eigenvalue weighted by Gasteiger charge is 2.09. The molecule has 18 heavy (non-hydrogen) atoms. The number of carboxylic acid groups (broad SMARTS) is 1. The number of ether oxygens (including phenoxy) is 1. The van der Waals surface area contributed by atoms with Crippen LogP contribution < -0.4 is 4.74 Å². The summed E-state index contributed by atoms with van der Waals surface area (Å²) in [6, 6.07) is 4.52. The molecule has 0 spiro atoms. The molecule has 0 aliphatic heterocycles. The van der Waals surface area contributed by atoms with Gasteiger partial charge in [0, 0.05) is 18.3 Å². The van der Waals surface area contributed by atoms with Crippen LogP contribution in [0.15, 0.2) is 30.6 Å². The van der Waals surface area contributed by atoms with Gasteiger partial charge in [0.1, 0.15) is 5.75 Å². The summed E-state index contributed by atoms with van der Waals surface area (Å²) < 4.78 is 5.42. The van der Waals surface area contributed by atoms with Crippen molar-refractivity contribution in [2.45, 2.75) is 6.92 Å². The van der Waals surface area contributed by atoms with Crippen molar-refractivity contribution in [2.24, 2.45) is 0 Å². The van der Waals surface area contributed by atoms with E-state index in [1.54, 1.807) is 13.0 Å². The highest BCUT2D eigenvalue weighted by molar-refractivity contribution is 6.30. The van der Waals surface area contributed by atoms with Crippen LogP contribution in [0.2, 0.25) is 5.02 Å². The summed E-state index contributed by atoms with van der Waals surface area (Å²) in [4.78, 5) is 18.7. The van der Waals surface area contributed by atoms with E-state index in [-0.39, 0.29) is 5.56 Å². The molecule has 0 amide bonds. The second-order valence-corrected chi connectivity index (χ2v) is 3.96. The van der Waals surface area contributed by atoms with Crippen LogP contribution in [-0.2, 0) is 0 Å². The summed E-state index contributed by atoms with van der Waals surface area (Å²) in [5, 5.41) is 9.32. The summed E-state index contributed by atoms with van der Waals surface area (Å²) in [5.74, 6) is -0.282. The van der Waals surface area contributed by atoms with Gasteiger partial charge < -0.3 is 9.84 Å². The van der Waals surface area contributed by atoms with Crippen LogP contribution in [0.1, 0.15) is 16.1 Å². The van der Waals surface area contributed by atoms with Gasteiger partial charge in [-0.15, -0.1) is 0 Å². The number of nitrogens with zero attached hydrogens (tertiary/aromatic N) is 2. The third-order valence-corrected chi connectivity index (χ3v) is 2.40. The Morgan fingerprint density at radius 1 is 1.39 bits per heavy atom. The third-order valence-electron chi connectivity index (χ3n) is 2.19. The van der Waals surface area contributed by atoms with E-state index in [4.69, 9.17) is 21.4 Å². The number of carboxylic acids is 1. The Balaban J connectivity index is 2.25. The van der Waals surface area contributed by atoms with Crippen LogP contribution in [0.4, 0.5) is 0 Å². The summed E-state index contributed by atoms with van der Waals surface area (Å²) >= 11 is 5.77. The first-order valence-electron chi connectivity index (χ1n) is 5.05. The van der Waals surface area contributed by atoms with Gasteiger partial charge in [-0.3, -0.25) is 4.98 Å². The molecule has 5 nitrogen and oxygen atoms in total. The van der Waals surface area contributed by atoms with E-state index < -0.39 is 5.97 Å². The van der Waals surface area contributed by atoms with Crippen molar-refractivity contribution in [1.29, 1.82) is 0 Å². The largest absolute Gasteiger partial charge is 0.478 e. The number of aromatic nitrogens is 2. The zero-order valence-electron chi connectivity index (χ0n) is 9.42. The van der Waals surface area contributed by atoms with Crippen LogP contribution >= 0.6 is 11.6 Å². The van der Waals surface area contributed by atoms with Crippen LogP contribution in [0, 0.1) is 6.92 Å². The van der Waals surface area contributed by atoms with Gasteiger partial charge in [0.15, 0.2) is 0 Å². The number of aromatic carboxylic acids is 1. The lowest BCUT2D eigenvalue weighted by atomic mass is 10.2.